The Morgan fingerprint density at radius 3 is 2.63 bits per heavy atom. The second kappa shape index (κ2) is 5.01. The molecule has 1 nitrogen and oxygen atoms in total. The first-order valence-electron chi connectivity index (χ1n) is 6.44. The number of rotatable bonds is 0. The van der Waals surface area contributed by atoms with Crippen LogP contribution in [0.25, 0.3) is 5.57 Å². The van der Waals surface area contributed by atoms with Crippen molar-refractivity contribution in [2.24, 2.45) is 0 Å². The maximum absolute atomic E-state index is 3.49. The van der Waals surface area contributed by atoms with Gasteiger partial charge < -0.3 is 5.32 Å². The number of nitrogens with one attached hydrogen (secondary N) is 1. The van der Waals surface area contributed by atoms with E-state index in [0.29, 0.717) is 0 Å². The number of benzene rings is 1. The van der Waals surface area contributed by atoms with E-state index >= 15 is 0 Å². The molecule has 2 aliphatic rings. The molecule has 0 saturated carbocycles. The lowest BCUT2D eigenvalue weighted by molar-refractivity contribution is 1.34. The van der Waals surface area contributed by atoms with Gasteiger partial charge >= 0.3 is 0 Å². The minimum atomic E-state index is 1.11. The predicted molar refractivity (Wildman–Crippen MR) is 81.7 cm³/mol. The van der Waals surface area contributed by atoms with Crippen LogP contribution in [-0.4, -0.2) is 0 Å². The van der Waals surface area contributed by atoms with E-state index in [0.717, 1.165) is 17.0 Å². The Kier molecular flexibility index (Phi) is 3.06. The SMILES string of the molecule is CC=C=C1C2=C/C=C\C=C/C=C2Nc2ccccc21. The minimum Gasteiger partial charge on any atom is -0.354 e. The maximum Gasteiger partial charge on any atom is 0.0470 e. The van der Waals surface area contributed by atoms with Gasteiger partial charge in [0.2, 0.25) is 0 Å². The summed E-state index contributed by atoms with van der Waals surface area (Å²) in [4.78, 5) is 0. The average molecular weight is 245 g/mol. The molecule has 0 fully saturated rings. The highest BCUT2D eigenvalue weighted by Gasteiger charge is 2.21. The first kappa shape index (κ1) is 11.6. The first-order valence-corrected chi connectivity index (χ1v) is 6.44. The zero-order valence-electron chi connectivity index (χ0n) is 10.9. The van der Waals surface area contributed by atoms with Crippen LogP contribution < -0.4 is 5.32 Å². The molecule has 92 valence electrons. The molecule has 0 saturated heterocycles. The topological polar surface area (TPSA) is 12.0 Å². The second-order valence-electron chi connectivity index (χ2n) is 4.41. The molecule has 1 aliphatic carbocycles. The van der Waals surface area contributed by atoms with Gasteiger partial charge in [-0.3, -0.25) is 0 Å². The van der Waals surface area contributed by atoms with Gasteiger partial charge in [-0.1, -0.05) is 48.6 Å². The van der Waals surface area contributed by atoms with Crippen molar-refractivity contribution in [3.8, 4) is 0 Å². The first-order chi connectivity index (χ1) is 9.40. The minimum absolute atomic E-state index is 1.11. The molecule has 0 radical (unpaired) electrons. The number of fused-ring (bicyclic) bond motifs is 2. The zero-order chi connectivity index (χ0) is 13.1. The molecule has 1 N–H and O–H groups in total. The summed E-state index contributed by atoms with van der Waals surface area (Å²) in [5.74, 6) is 0. The molecule has 1 aliphatic heterocycles. The molecule has 0 amide bonds. The summed E-state index contributed by atoms with van der Waals surface area (Å²) in [5, 5.41) is 3.49. The maximum atomic E-state index is 3.49. The standard InChI is InChI=1S/C18H15N/c1-2-9-14-15-10-5-3-4-6-12-17(15)19-18-13-8-7-11-16(14)18/h2-8,10-13,19H,1H3/b4-3?,5-3-,6-4-,10-5?,12-6?,15-10?,17-12?. The van der Waals surface area contributed by atoms with Gasteiger partial charge in [0.25, 0.3) is 0 Å². The fourth-order valence-electron chi connectivity index (χ4n) is 2.34. The van der Waals surface area contributed by atoms with Crippen molar-refractivity contribution in [1.29, 1.82) is 0 Å². The Morgan fingerprint density at radius 2 is 1.79 bits per heavy atom. The molecule has 19 heavy (non-hydrogen) atoms. The number of hydrogen-bond acceptors (Lipinski definition) is 1. The Bertz CT molecular complexity index is 690. The molecule has 1 heteroatoms. The Hall–Kier alpha value is -2.50. The summed E-state index contributed by atoms with van der Waals surface area (Å²) in [6.07, 6.45) is 14.4. The summed E-state index contributed by atoms with van der Waals surface area (Å²) < 4.78 is 0. The van der Waals surface area contributed by atoms with E-state index in [1.807, 2.05) is 37.3 Å². The van der Waals surface area contributed by atoms with Crippen LogP contribution in [0.4, 0.5) is 5.69 Å². The van der Waals surface area contributed by atoms with E-state index in [4.69, 9.17) is 0 Å². The summed E-state index contributed by atoms with van der Waals surface area (Å²) in [7, 11) is 0. The lowest BCUT2D eigenvalue weighted by Crippen LogP contribution is -2.12. The largest absolute Gasteiger partial charge is 0.354 e. The quantitative estimate of drug-likeness (QED) is 0.658. The Morgan fingerprint density at radius 1 is 1.00 bits per heavy atom. The van der Waals surface area contributed by atoms with Crippen molar-refractivity contribution in [2.75, 3.05) is 5.32 Å². The number of allylic oxidation sites excluding steroid dienone is 7. The third-order valence-electron chi connectivity index (χ3n) is 3.17. The fraction of sp³-hybridized carbons (Fsp3) is 0.0556. The van der Waals surface area contributed by atoms with Gasteiger partial charge in [-0.05, 0) is 25.1 Å². The lowest BCUT2D eigenvalue weighted by Gasteiger charge is -2.25. The van der Waals surface area contributed by atoms with Crippen LogP contribution in [-0.2, 0) is 0 Å². The summed E-state index contributed by atoms with van der Waals surface area (Å²) in [5.41, 5.74) is 9.14. The van der Waals surface area contributed by atoms with Crippen LogP contribution in [0.3, 0.4) is 0 Å². The van der Waals surface area contributed by atoms with Crippen LogP contribution in [0.15, 0.2) is 83.8 Å². The van der Waals surface area contributed by atoms with E-state index < -0.39 is 0 Å². The normalized spacial score (nSPS) is 19.3. The van der Waals surface area contributed by atoms with E-state index in [9.17, 15) is 0 Å². The van der Waals surface area contributed by atoms with Gasteiger partial charge in [-0.15, -0.1) is 5.73 Å². The van der Waals surface area contributed by atoms with E-state index in [1.54, 1.807) is 0 Å². The molecule has 0 aromatic heterocycles. The summed E-state index contributed by atoms with van der Waals surface area (Å²) in [6.45, 7) is 2.00. The van der Waals surface area contributed by atoms with Gasteiger partial charge in [0.1, 0.15) is 0 Å². The highest BCUT2D eigenvalue weighted by molar-refractivity contribution is 5.94. The number of hydrogen-bond donors (Lipinski definition) is 1. The van der Waals surface area contributed by atoms with Crippen molar-refractivity contribution >= 4 is 11.3 Å². The zero-order valence-corrected chi connectivity index (χ0v) is 10.9. The van der Waals surface area contributed by atoms with Crippen molar-refractivity contribution in [3.63, 3.8) is 0 Å². The van der Waals surface area contributed by atoms with Crippen LogP contribution >= 0.6 is 0 Å². The van der Waals surface area contributed by atoms with E-state index in [-0.39, 0.29) is 0 Å². The monoisotopic (exact) mass is 245 g/mol. The van der Waals surface area contributed by atoms with Crippen molar-refractivity contribution in [3.05, 3.63) is 89.4 Å². The van der Waals surface area contributed by atoms with Crippen molar-refractivity contribution in [2.45, 2.75) is 6.92 Å². The molecule has 1 aromatic rings. The van der Waals surface area contributed by atoms with Gasteiger partial charge in [-0.2, -0.15) is 0 Å². The van der Waals surface area contributed by atoms with Crippen LogP contribution in [0.2, 0.25) is 0 Å². The van der Waals surface area contributed by atoms with Gasteiger partial charge in [-0.25, -0.2) is 0 Å². The average Bonchev–Trinajstić information content (AvgIpc) is 2.41. The fourth-order valence-corrected chi connectivity index (χ4v) is 2.34. The van der Waals surface area contributed by atoms with Gasteiger partial charge in [0, 0.05) is 28.1 Å². The lowest BCUT2D eigenvalue weighted by atomic mass is 9.90. The number of anilines is 1. The van der Waals surface area contributed by atoms with E-state index in [2.05, 4.69) is 47.5 Å². The second-order valence-corrected chi connectivity index (χ2v) is 4.41. The molecule has 3 rings (SSSR count). The third-order valence-corrected chi connectivity index (χ3v) is 3.17. The van der Waals surface area contributed by atoms with Gasteiger partial charge in [0.15, 0.2) is 0 Å². The smallest absolute Gasteiger partial charge is 0.0470 e. The highest BCUT2D eigenvalue weighted by atomic mass is 14.9. The highest BCUT2D eigenvalue weighted by Crippen LogP contribution is 2.38. The van der Waals surface area contributed by atoms with Crippen molar-refractivity contribution < 1.29 is 0 Å². The number of para-hydroxylation sites is 1. The van der Waals surface area contributed by atoms with Crippen molar-refractivity contribution in [1.82, 2.24) is 0 Å². The molecule has 0 bridgehead atoms. The summed E-state index contributed by atoms with van der Waals surface area (Å²) in [6, 6.07) is 8.34. The molecule has 0 spiro atoms. The molecular formula is C18H15N. The molecule has 0 unspecified atom stereocenters. The molecule has 1 heterocycles. The molecule has 0 atom stereocenters. The third kappa shape index (κ3) is 2.12. The van der Waals surface area contributed by atoms with E-state index in [1.165, 1.54) is 11.1 Å². The molecule has 1 aromatic carbocycles. The van der Waals surface area contributed by atoms with Gasteiger partial charge in [0.05, 0.1) is 0 Å². The Labute approximate surface area is 113 Å². The Balaban J connectivity index is 2.28. The van der Waals surface area contributed by atoms with Crippen LogP contribution in [0, 0.1) is 0 Å². The van der Waals surface area contributed by atoms with Crippen LogP contribution in [0.1, 0.15) is 12.5 Å². The summed E-state index contributed by atoms with van der Waals surface area (Å²) >= 11 is 0. The molecular weight excluding hydrogens is 230 g/mol. The van der Waals surface area contributed by atoms with Crippen LogP contribution in [0.5, 0.6) is 0 Å². The predicted octanol–water partition coefficient (Wildman–Crippen LogP) is 4.61.